The van der Waals surface area contributed by atoms with E-state index in [9.17, 15) is 4.79 Å². The lowest BCUT2D eigenvalue weighted by atomic mass is 10.0. The van der Waals surface area contributed by atoms with E-state index in [1.807, 2.05) is 25.1 Å². The number of methoxy groups -OCH3 is 2. The van der Waals surface area contributed by atoms with E-state index in [0.29, 0.717) is 24.3 Å². The number of carbonyl (C=O) groups excluding carboxylic acids is 1. The Morgan fingerprint density at radius 2 is 2.12 bits per heavy atom. The zero-order chi connectivity index (χ0) is 12.0. The first kappa shape index (κ1) is 12.7. The molecule has 0 saturated heterocycles. The summed E-state index contributed by atoms with van der Waals surface area (Å²) in [6.45, 7) is 2.61. The highest BCUT2D eigenvalue weighted by molar-refractivity contribution is 5.96. The van der Waals surface area contributed by atoms with Gasteiger partial charge in [0.05, 0.1) is 7.11 Å². The molecule has 0 heterocycles. The highest BCUT2D eigenvalue weighted by Crippen LogP contribution is 2.16. The third-order valence-corrected chi connectivity index (χ3v) is 2.38. The first-order valence-electron chi connectivity index (χ1n) is 5.33. The number of ether oxygens (including phenoxy) is 2. The number of carbonyl (C=O) groups is 1. The summed E-state index contributed by atoms with van der Waals surface area (Å²) in [5, 5.41) is 0. The van der Waals surface area contributed by atoms with Gasteiger partial charge in [-0.2, -0.15) is 0 Å². The SMILES string of the molecule is COCC(C)CC(=O)c1cccc(OC)c1. The number of hydrogen-bond donors (Lipinski definition) is 0. The highest BCUT2D eigenvalue weighted by atomic mass is 16.5. The van der Waals surface area contributed by atoms with Gasteiger partial charge in [0.25, 0.3) is 0 Å². The number of hydrogen-bond acceptors (Lipinski definition) is 3. The molecule has 16 heavy (non-hydrogen) atoms. The Morgan fingerprint density at radius 1 is 1.38 bits per heavy atom. The molecule has 0 saturated carbocycles. The fourth-order valence-electron chi connectivity index (χ4n) is 1.57. The molecule has 1 unspecified atom stereocenters. The summed E-state index contributed by atoms with van der Waals surface area (Å²) in [5.41, 5.74) is 0.697. The van der Waals surface area contributed by atoms with Crippen LogP contribution in [0.4, 0.5) is 0 Å². The van der Waals surface area contributed by atoms with Crippen molar-refractivity contribution in [2.24, 2.45) is 5.92 Å². The third-order valence-electron chi connectivity index (χ3n) is 2.38. The minimum absolute atomic E-state index is 0.128. The number of rotatable bonds is 6. The van der Waals surface area contributed by atoms with Crippen LogP contribution in [0.3, 0.4) is 0 Å². The van der Waals surface area contributed by atoms with Crippen LogP contribution >= 0.6 is 0 Å². The van der Waals surface area contributed by atoms with Crippen LogP contribution in [0.2, 0.25) is 0 Å². The van der Waals surface area contributed by atoms with Crippen LogP contribution in [0.1, 0.15) is 23.7 Å². The molecule has 0 aliphatic carbocycles. The molecule has 0 N–H and O–H groups in total. The molecule has 1 rings (SSSR count). The van der Waals surface area contributed by atoms with Gasteiger partial charge in [0.15, 0.2) is 5.78 Å². The van der Waals surface area contributed by atoms with Crippen LogP contribution in [0.15, 0.2) is 24.3 Å². The van der Waals surface area contributed by atoms with E-state index in [0.717, 1.165) is 0 Å². The Labute approximate surface area is 96.4 Å². The van der Waals surface area contributed by atoms with Gasteiger partial charge in [0.2, 0.25) is 0 Å². The Bertz CT molecular complexity index is 347. The molecule has 0 aromatic heterocycles. The molecule has 1 atom stereocenters. The van der Waals surface area contributed by atoms with E-state index in [4.69, 9.17) is 9.47 Å². The summed E-state index contributed by atoms with van der Waals surface area (Å²) in [5.74, 6) is 1.08. The number of benzene rings is 1. The average molecular weight is 222 g/mol. The molecule has 0 aliphatic rings. The summed E-state index contributed by atoms with van der Waals surface area (Å²) in [6.07, 6.45) is 0.501. The second-order valence-corrected chi connectivity index (χ2v) is 3.92. The predicted octanol–water partition coefficient (Wildman–Crippen LogP) is 2.55. The summed E-state index contributed by atoms with van der Waals surface area (Å²) in [4.78, 5) is 11.9. The van der Waals surface area contributed by atoms with Gasteiger partial charge in [0, 0.05) is 25.7 Å². The molecular weight excluding hydrogens is 204 g/mol. The summed E-state index contributed by atoms with van der Waals surface area (Å²) >= 11 is 0. The Hall–Kier alpha value is -1.35. The van der Waals surface area contributed by atoms with Gasteiger partial charge in [0.1, 0.15) is 5.75 Å². The maximum atomic E-state index is 11.9. The first-order chi connectivity index (χ1) is 7.67. The van der Waals surface area contributed by atoms with E-state index >= 15 is 0 Å². The van der Waals surface area contributed by atoms with Crippen LogP contribution in [0.25, 0.3) is 0 Å². The lowest BCUT2D eigenvalue weighted by Crippen LogP contribution is -2.10. The topological polar surface area (TPSA) is 35.5 Å². The van der Waals surface area contributed by atoms with E-state index < -0.39 is 0 Å². The minimum Gasteiger partial charge on any atom is -0.497 e. The van der Waals surface area contributed by atoms with Crippen LogP contribution in [0.5, 0.6) is 5.75 Å². The summed E-state index contributed by atoms with van der Waals surface area (Å²) in [7, 11) is 3.24. The van der Waals surface area contributed by atoms with Crippen molar-refractivity contribution in [3.05, 3.63) is 29.8 Å². The molecule has 1 aromatic carbocycles. The number of ketones is 1. The van der Waals surface area contributed by atoms with E-state index in [-0.39, 0.29) is 11.7 Å². The second kappa shape index (κ2) is 6.28. The van der Waals surface area contributed by atoms with Crippen LogP contribution in [-0.2, 0) is 4.74 Å². The van der Waals surface area contributed by atoms with Gasteiger partial charge in [-0.1, -0.05) is 19.1 Å². The summed E-state index contributed by atoms with van der Waals surface area (Å²) < 4.78 is 10.1. The number of Topliss-reactive ketones (excluding diaryl/α,β-unsaturated/α-hetero) is 1. The van der Waals surface area contributed by atoms with Crippen molar-refractivity contribution in [2.75, 3.05) is 20.8 Å². The van der Waals surface area contributed by atoms with E-state index in [2.05, 4.69) is 0 Å². The minimum atomic E-state index is 0.128. The normalized spacial score (nSPS) is 12.2. The summed E-state index contributed by atoms with van der Waals surface area (Å²) in [6, 6.07) is 7.23. The molecule has 0 spiro atoms. The van der Waals surface area contributed by atoms with Crippen molar-refractivity contribution in [3.63, 3.8) is 0 Å². The molecule has 3 nitrogen and oxygen atoms in total. The average Bonchev–Trinajstić information content (AvgIpc) is 2.29. The van der Waals surface area contributed by atoms with Crippen LogP contribution in [0, 0.1) is 5.92 Å². The fourth-order valence-corrected chi connectivity index (χ4v) is 1.57. The molecule has 88 valence electrons. The zero-order valence-corrected chi connectivity index (χ0v) is 10.0. The lowest BCUT2D eigenvalue weighted by molar-refractivity contribution is 0.0919. The predicted molar refractivity (Wildman–Crippen MR) is 63.0 cm³/mol. The Balaban J connectivity index is 2.65. The molecule has 0 fully saturated rings. The molecule has 0 amide bonds. The van der Waals surface area contributed by atoms with Crippen molar-refractivity contribution >= 4 is 5.78 Å². The van der Waals surface area contributed by atoms with Crippen molar-refractivity contribution in [3.8, 4) is 5.75 Å². The monoisotopic (exact) mass is 222 g/mol. The largest absolute Gasteiger partial charge is 0.497 e. The lowest BCUT2D eigenvalue weighted by Gasteiger charge is -2.09. The van der Waals surface area contributed by atoms with Gasteiger partial charge < -0.3 is 9.47 Å². The maximum Gasteiger partial charge on any atom is 0.163 e. The van der Waals surface area contributed by atoms with Gasteiger partial charge in [-0.15, -0.1) is 0 Å². The Morgan fingerprint density at radius 3 is 2.75 bits per heavy atom. The molecular formula is C13H18O3. The molecule has 3 heteroatoms. The third kappa shape index (κ3) is 3.66. The smallest absolute Gasteiger partial charge is 0.163 e. The van der Waals surface area contributed by atoms with Crippen LogP contribution in [-0.4, -0.2) is 26.6 Å². The van der Waals surface area contributed by atoms with Crippen LogP contribution < -0.4 is 4.74 Å². The molecule has 0 bridgehead atoms. The highest BCUT2D eigenvalue weighted by Gasteiger charge is 2.11. The van der Waals surface area contributed by atoms with Gasteiger partial charge in [-0.25, -0.2) is 0 Å². The van der Waals surface area contributed by atoms with E-state index in [1.54, 1.807) is 20.3 Å². The van der Waals surface area contributed by atoms with E-state index in [1.165, 1.54) is 0 Å². The molecule has 0 aliphatic heterocycles. The second-order valence-electron chi connectivity index (χ2n) is 3.92. The maximum absolute atomic E-state index is 11.9. The molecule has 1 aromatic rings. The zero-order valence-electron chi connectivity index (χ0n) is 10.0. The van der Waals surface area contributed by atoms with Crippen molar-refractivity contribution < 1.29 is 14.3 Å². The van der Waals surface area contributed by atoms with Crippen molar-refractivity contribution in [2.45, 2.75) is 13.3 Å². The van der Waals surface area contributed by atoms with Crippen molar-refractivity contribution in [1.82, 2.24) is 0 Å². The fraction of sp³-hybridized carbons (Fsp3) is 0.462. The Kier molecular flexibility index (Phi) is 4.99. The first-order valence-corrected chi connectivity index (χ1v) is 5.33. The standard InChI is InChI=1S/C13H18O3/c1-10(9-15-2)7-13(14)11-5-4-6-12(8-11)16-3/h4-6,8,10H,7,9H2,1-3H3. The van der Waals surface area contributed by atoms with Crippen molar-refractivity contribution in [1.29, 1.82) is 0 Å². The molecule has 0 radical (unpaired) electrons. The quantitative estimate of drug-likeness (QED) is 0.694. The van der Waals surface area contributed by atoms with Gasteiger partial charge in [-0.3, -0.25) is 4.79 Å². The van der Waals surface area contributed by atoms with Gasteiger partial charge >= 0.3 is 0 Å². The van der Waals surface area contributed by atoms with Gasteiger partial charge in [-0.05, 0) is 18.1 Å².